The van der Waals surface area contributed by atoms with Crippen molar-refractivity contribution in [2.45, 2.75) is 6.18 Å². The van der Waals surface area contributed by atoms with Gasteiger partial charge in [0.2, 0.25) is 0 Å². The molecule has 0 saturated heterocycles. The van der Waals surface area contributed by atoms with E-state index < -0.39 is 23.4 Å². The molecule has 16 heavy (non-hydrogen) atoms. The first kappa shape index (κ1) is 12.5. The van der Waals surface area contributed by atoms with Gasteiger partial charge in [-0.1, -0.05) is 12.1 Å². The molecule has 0 atom stereocenters. The zero-order valence-electron chi connectivity index (χ0n) is 8.11. The number of allylic oxidation sites excluding steroid dienone is 1. The molecule has 0 saturated carbocycles. The molecule has 0 aliphatic rings. The van der Waals surface area contributed by atoms with Crippen molar-refractivity contribution in [1.29, 1.82) is 0 Å². The molecule has 0 spiro atoms. The van der Waals surface area contributed by atoms with Crippen molar-refractivity contribution in [3.05, 3.63) is 35.9 Å². The lowest BCUT2D eigenvalue weighted by atomic mass is 10.1. The van der Waals surface area contributed by atoms with E-state index in [4.69, 9.17) is 0 Å². The van der Waals surface area contributed by atoms with Crippen LogP contribution < -0.4 is 4.74 Å². The molecule has 0 aliphatic heterocycles. The van der Waals surface area contributed by atoms with Gasteiger partial charge in [-0.05, 0) is 17.7 Å². The molecular weight excluding hydrogens is 231 g/mol. The molecule has 1 aromatic rings. The molecule has 0 heterocycles. The van der Waals surface area contributed by atoms with Crippen molar-refractivity contribution >= 4 is 5.57 Å². The van der Waals surface area contributed by atoms with Gasteiger partial charge in [-0.2, -0.15) is 22.0 Å². The molecule has 0 aromatic heterocycles. The maximum Gasteiger partial charge on any atom is 0.422 e. The van der Waals surface area contributed by atoms with Crippen LogP contribution in [-0.4, -0.2) is 13.3 Å². The molecule has 1 aromatic carbocycles. The minimum absolute atomic E-state index is 0.0838. The average Bonchev–Trinajstić information content (AvgIpc) is 2.15. The number of methoxy groups -OCH3 is 1. The molecule has 1 rings (SSSR count). The zero-order chi connectivity index (χ0) is 12.3. The van der Waals surface area contributed by atoms with Crippen molar-refractivity contribution in [1.82, 2.24) is 0 Å². The Labute approximate surface area is 88.1 Å². The van der Waals surface area contributed by atoms with E-state index in [0.29, 0.717) is 0 Å². The maximum absolute atomic E-state index is 12.3. The molecule has 6 heteroatoms. The zero-order valence-corrected chi connectivity index (χ0v) is 8.11. The van der Waals surface area contributed by atoms with E-state index in [1.807, 2.05) is 0 Å². The van der Waals surface area contributed by atoms with Gasteiger partial charge in [-0.3, -0.25) is 0 Å². The Hall–Kier alpha value is -1.59. The van der Waals surface area contributed by atoms with E-state index in [-0.39, 0.29) is 5.75 Å². The first-order valence-electron chi connectivity index (χ1n) is 4.13. The number of halogens is 5. The van der Waals surface area contributed by atoms with E-state index >= 15 is 0 Å². The molecule has 0 unspecified atom stereocenters. The fraction of sp³-hybridized carbons (Fsp3) is 0.200. The second-order valence-corrected chi connectivity index (χ2v) is 2.87. The number of hydrogen-bond acceptors (Lipinski definition) is 1. The van der Waals surface area contributed by atoms with E-state index in [0.717, 1.165) is 12.1 Å². The highest BCUT2D eigenvalue weighted by molar-refractivity contribution is 5.71. The van der Waals surface area contributed by atoms with E-state index in [1.54, 1.807) is 0 Å². The van der Waals surface area contributed by atoms with Crippen LogP contribution in [0.15, 0.2) is 30.3 Å². The molecule has 0 fully saturated rings. The highest BCUT2D eigenvalue weighted by atomic mass is 19.4. The maximum atomic E-state index is 12.3. The van der Waals surface area contributed by atoms with Crippen LogP contribution in [0.4, 0.5) is 22.0 Å². The molecule has 0 amide bonds. The summed E-state index contributed by atoms with van der Waals surface area (Å²) in [5, 5.41) is 0. The summed E-state index contributed by atoms with van der Waals surface area (Å²) in [4.78, 5) is 0. The number of alkyl halides is 3. The molecule has 0 N–H and O–H groups in total. The third-order valence-electron chi connectivity index (χ3n) is 1.83. The molecular formula is C10H7F5O. The Morgan fingerprint density at radius 2 is 1.81 bits per heavy atom. The quantitative estimate of drug-likeness (QED) is 0.711. The van der Waals surface area contributed by atoms with E-state index in [1.165, 1.54) is 19.2 Å². The molecule has 0 bridgehead atoms. The van der Waals surface area contributed by atoms with Crippen LogP contribution >= 0.6 is 0 Å². The van der Waals surface area contributed by atoms with Gasteiger partial charge in [0.15, 0.2) is 0 Å². The standard InChI is InChI=1S/C10H7F5O/c1-16-7-4-2-3-6(5-7)8(9(11)12)10(13,14)15/h2-5H,1H3. The van der Waals surface area contributed by atoms with Crippen LogP contribution in [0, 0.1) is 0 Å². The van der Waals surface area contributed by atoms with Gasteiger partial charge in [0, 0.05) is 0 Å². The number of ether oxygens (including phenoxy) is 1. The van der Waals surface area contributed by atoms with Crippen LogP contribution in [0.5, 0.6) is 5.75 Å². The third-order valence-corrected chi connectivity index (χ3v) is 1.83. The number of benzene rings is 1. The monoisotopic (exact) mass is 238 g/mol. The fourth-order valence-corrected chi connectivity index (χ4v) is 1.16. The van der Waals surface area contributed by atoms with Crippen LogP contribution in [0.2, 0.25) is 0 Å². The van der Waals surface area contributed by atoms with Crippen molar-refractivity contribution < 1.29 is 26.7 Å². The molecule has 88 valence electrons. The van der Waals surface area contributed by atoms with Gasteiger partial charge < -0.3 is 4.74 Å². The Bertz CT molecular complexity index is 404. The number of rotatable bonds is 2. The second kappa shape index (κ2) is 4.51. The summed E-state index contributed by atoms with van der Waals surface area (Å²) in [7, 11) is 1.24. The molecule has 1 nitrogen and oxygen atoms in total. The Balaban J connectivity index is 3.29. The summed E-state index contributed by atoms with van der Waals surface area (Å²) < 4.78 is 66.1. The minimum Gasteiger partial charge on any atom is -0.497 e. The summed E-state index contributed by atoms with van der Waals surface area (Å²) in [6, 6.07) is 4.43. The largest absolute Gasteiger partial charge is 0.497 e. The van der Waals surface area contributed by atoms with Gasteiger partial charge in [-0.25, -0.2) is 0 Å². The fourth-order valence-electron chi connectivity index (χ4n) is 1.16. The van der Waals surface area contributed by atoms with Crippen LogP contribution in [0.3, 0.4) is 0 Å². The average molecular weight is 238 g/mol. The normalized spacial score (nSPS) is 11.1. The van der Waals surface area contributed by atoms with Crippen molar-refractivity contribution in [2.75, 3.05) is 7.11 Å². The van der Waals surface area contributed by atoms with Crippen LogP contribution in [0.25, 0.3) is 5.57 Å². The van der Waals surface area contributed by atoms with E-state index in [9.17, 15) is 22.0 Å². The van der Waals surface area contributed by atoms with Crippen LogP contribution in [0.1, 0.15) is 5.56 Å². The van der Waals surface area contributed by atoms with Gasteiger partial charge >= 0.3 is 6.18 Å². The lowest BCUT2D eigenvalue weighted by Gasteiger charge is -2.11. The smallest absolute Gasteiger partial charge is 0.422 e. The Kier molecular flexibility index (Phi) is 3.51. The Morgan fingerprint density at radius 1 is 1.19 bits per heavy atom. The van der Waals surface area contributed by atoms with Crippen molar-refractivity contribution in [3.63, 3.8) is 0 Å². The SMILES string of the molecule is COc1cccc(C(=C(F)F)C(F)(F)F)c1. The summed E-state index contributed by atoms with van der Waals surface area (Å²) in [5.74, 6) is 0.0838. The third kappa shape index (κ3) is 2.71. The summed E-state index contributed by atoms with van der Waals surface area (Å²) in [6.07, 6.45) is -7.86. The predicted octanol–water partition coefficient (Wildman–Crippen LogP) is 3.87. The second-order valence-electron chi connectivity index (χ2n) is 2.87. The molecule has 0 aliphatic carbocycles. The van der Waals surface area contributed by atoms with Crippen LogP contribution in [-0.2, 0) is 0 Å². The number of hydrogen-bond donors (Lipinski definition) is 0. The van der Waals surface area contributed by atoms with Crippen molar-refractivity contribution in [2.24, 2.45) is 0 Å². The van der Waals surface area contributed by atoms with Crippen molar-refractivity contribution in [3.8, 4) is 5.75 Å². The lowest BCUT2D eigenvalue weighted by Crippen LogP contribution is -2.11. The molecule has 0 radical (unpaired) electrons. The Morgan fingerprint density at radius 3 is 2.25 bits per heavy atom. The van der Waals surface area contributed by atoms with Gasteiger partial charge in [0.05, 0.1) is 7.11 Å². The topological polar surface area (TPSA) is 9.23 Å². The highest BCUT2D eigenvalue weighted by Gasteiger charge is 2.38. The van der Waals surface area contributed by atoms with Gasteiger partial charge in [0.25, 0.3) is 6.08 Å². The van der Waals surface area contributed by atoms with E-state index in [2.05, 4.69) is 4.74 Å². The lowest BCUT2D eigenvalue weighted by molar-refractivity contribution is -0.0711. The predicted molar refractivity (Wildman–Crippen MR) is 48.2 cm³/mol. The summed E-state index contributed by atoms with van der Waals surface area (Å²) in [5.41, 5.74) is -2.56. The van der Waals surface area contributed by atoms with Gasteiger partial charge in [0.1, 0.15) is 11.3 Å². The first-order valence-corrected chi connectivity index (χ1v) is 4.13. The summed E-state index contributed by atoms with van der Waals surface area (Å²) in [6.45, 7) is 0. The van der Waals surface area contributed by atoms with Gasteiger partial charge in [-0.15, -0.1) is 0 Å². The summed E-state index contributed by atoms with van der Waals surface area (Å²) >= 11 is 0. The minimum atomic E-state index is -5.09. The highest BCUT2D eigenvalue weighted by Crippen LogP contribution is 2.38. The first-order chi connectivity index (χ1) is 7.36.